The van der Waals surface area contributed by atoms with E-state index in [9.17, 15) is 0 Å². The zero-order valence-corrected chi connectivity index (χ0v) is 9.51. The van der Waals surface area contributed by atoms with Crippen LogP contribution < -0.4 is 4.74 Å². The lowest BCUT2D eigenvalue weighted by molar-refractivity contribution is 0.268. The first-order valence-electron chi connectivity index (χ1n) is 4.47. The van der Waals surface area contributed by atoms with Crippen LogP contribution in [0.2, 0.25) is 10.0 Å². The zero-order valence-electron chi connectivity index (χ0n) is 8.00. The summed E-state index contributed by atoms with van der Waals surface area (Å²) in [7, 11) is 0. The lowest BCUT2D eigenvalue weighted by Crippen LogP contribution is -2.26. The molecule has 0 spiro atoms. The molecule has 0 aromatic heterocycles. The number of oxime groups is 1. The van der Waals surface area contributed by atoms with Gasteiger partial charge in [-0.3, -0.25) is 0 Å². The van der Waals surface area contributed by atoms with E-state index in [0.717, 1.165) is 0 Å². The van der Waals surface area contributed by atoms with E-state index in [1.165, 1.54) is 0 Å². The summed E-state index contributed by atoms with van der Waals surface area (Å²) in [4.78, 5) is 0. The van der Waals surface area contributed by atoms with Gasteiger partial charge in [-0.15, -0.1) is 0 Å². The standard InChI is InChI=1S/C10H9Cl2NO2/c1-5-4-15-10-7(9(5)13-14)2-6(11)3-8(10)12/h2-3,5,14H,4H2,1H3. The highest BCUT2D eigenvalue weighted by Gasteiger charge is 2.26. The third-order valence-electron chi connectivity index (χ3n) is 2.34. The number of hydrogen-bond acceptors (Lipinski definition) is 3. The summed E-state index contributed by atoms with van der Waals surface area (Å²) in [5, 5.41) is 13.1. The van der Waals surface area contributed by atoms with Gasteiger partial charge >= 0.3 is 0 Å². The van der Waals surface area contributed by atoms with Gasteiger partial charge in [0, 0.05) is 16.5 Å². The largest absolute Gasteiger partial charge is 0.491 e. The first-order valence-corrected chi connectivity index (χ1v) is 5.23. The number of ether oxygens (including phenoxy) is 1. The molecule has 0 bridgehead atoms. The van der Waals surface area contributed by atoms with E-state index in [-0.39, 0.29) is 5.92 Å². The molecule has 5 heteroatoms. The van der Waals surface area contributed by atoms with E-state index in [2.05, 4.69) is 5.16 Å². The van der Waals surface area contributed by atoms with Crippen molar-refractivity contribution < 1.29 is 9.94 Å². The maximum atomic E-state index is 8.94. The van der Waals surface area contributed by atoms with Gasteiger partial charge in [0.05, 0.1) is 17.3 Å². The molecule has 2 rings (SSSR count). The molecule has 0 saturated carbocycles. The Bertz CT molecular complexity index is 432. The summed E-state index contributed by atoms with van der Waals surface area (Å²) in [6, 6.07) is 3.29. The molecule has 1 N–H and O–H groups in total. The summed E-state index contributed by atoms with van der Waals surface area (Å²) < 4.78 is 5.47. The molecule has 80 valence electrons. The van der Waals surface area contributed by atoms with Crippen LogP contribution in [0, 0.1) is 5.92 Å². The van der Waals surface area contributed by atoms with E-state index in [1.807, 2.05) is 6.92 Å². The molecule has 3 nitrogen and oxygen atoms in total. The van der Waals surface area contributed by atoms with Gasteiger partial charge in [0.25, 0.3) is 0 Å². The summed E-state index contributed by atoms with van der Waals surface area (Å²) in [6.07, 6.45) is 0. The van der Waals surface area contributed by atoms with E-state index in [1.54, 1.807) is 12.1 Å². The Kier molecular flexibility index (Phi) is 2.76. The van der Waals surface area contributed by atoms with Crippen LogP contribution in [0.15, 0.2) is 17.3 Å². The molecule has 0 radical (unpaired) electrons. The van der Waals surface area contributed by atoms with Gasteiger partial charge in [-0.25, -0.2) is 0 Å². The minimum atomic E-state index is 0.0250. The molecule has 1 unspecified atom stereocenters. The van der Waals surface area contributed by atoms with Gasteiger partial charge in [-0.2, -0.15) is 0 Å². The lowest BCUT2D eigenvalue weighted by Gasteiger charge is -2.24. The van der Waals surface area contributed by atoms with Crippen molar-refractivity contribution in [2.24, 2.45) is 11.1 Å². The first-order chi connectivity index (χ1) is 7.13. The Labute approximate surface area is 97.2 Å². The summed E-state index contributed by atoms with van der Waals surface area (Å²) in [6.45, 7) is 2.36. The third-order valence-corrected chi connectivity index (χ3v) is 2.84. The van der Waals surface area contributed by atoms with Crippen LogP contribution in [0.1, 0.15) is 12.5 Å². The van der Waals surface area contributed by atoms with Crippen molar-refractivity contribution in [2.75, 3.05) is 6.61 Å². The van der Waals surface area contributed by atoms with Crippen molar-refractivity contribution in [1.82, 2.24) is 0 Å². The monoisotopic (exact) mass is 245 g/mol. The lowest BCUT2D eigenvalue weighted by atomic mass is 9.96. The smallest absolute Gasteiger partial charge is 0.147 e. The molecule has 0 amide bonds. The van der Waals surface area contributed by atoms with Gasteiger partial charge in [0.1, 0.15) is 5.75 Å². The Morgan fingerprint density at radius 1 is 1.47 bits per heavy atom. The van der Waals surface area contributed by atoms with Gasteiger partial charge in [0.2, 0.25) is 0 Å². The highest BCUT2D eigenvalue weighted by Crippen LogP contribution is 2.36. The number of halogens is 2. The second-order valence-corrected chi connectivity index (χ2v) is 4.31. The second kappa shape index (κ2) is 3.91. The fraction of sp³-hybridized carbons (Fsp3) is 0.300. The molecule has 1 aromatic rings. The van der Waals surface area contributed by atoms with Gasteiger partial charge < -0.3 is 9.94 Å². The van der Waals surface area contributed by atoms with Crippen LogP contribution in [0.5, 0.6) is 5.75 Å². The highest BCUT2D eigenvalue weighted by atomic mass is 35.5. The summed E-state index contributed by atoms with van der Waals surface area (Å²) in [5.74, 6) is 0.559. The maximum Gasteiger partial charge on any atom is 0.147 e. The van der Waals surface area contributed by atoms with Crippen LogP contribution in [0.4, 0.5) is 0 Å². The van der Waals surface area contributed by atoms with Crippen LogP contribution in [0.25, 0.3) is 0 Å². The first kappa shape index (κ1) is 10.6. The number of rotatable bonds is 0. The minimum absolute atomic E-state index is 0.0250. The molecule has 1 aromatic carbocycles. The number of fused-ring (bicyclic) bond motifs is 1. The molecule has 1 aliphatic heterocycles. The SMILES string of the molecule is CC1COc2c(Cl)cc(Cl)cc2C1=NO. The fourth-order valence-corrected chi connectivity index (χ4v) is 2.15. The van der Waals surface area contributed by atoms with Crippen molar-refractivity contribution in [3.8, 4) is 5.75 Å². The molecular formula is C10H9Cl2NO2. The molecule has 0 fully saturated rings. The van der Waals surface area contributed by atoms with Crippen LogP contribution in [0.3, 0.4) is 0 Å². The van der Waals surface area contributed by atoms with Crippen molar-refractivity contribution in [3.63, 3.8) is 0 Å². The van der Waals surface area contributed by atoms with Crippen LogP contribution in [-0.4, -0.2) is 17.5 Å². The molecule has 0 aliphatic carbocycles. The van der Waals surface area contributed by atoms with Gasteiger partial charge in [-0.1, -0.05) is 35.3 Å². The van der Waals surface area contributed by atoms with Gasteiger partial charge in [0.15, 0.2) is 0 Å². The van der Waals surface area contributed by atoms with Crippen molar-refractivity contribution in [1.29, 1.82) is 0 Å². The number of nitrogens with zero attached hydrogens (tertiary/aromatic N) is 1. The second-order valence-electron chi connectivity index (χ2n) is 3.46. The van der Waals surface area contributed by atoms with Crippen molar-refractivity contribution >= 4 is 28.9 Å². The van der Waals surface area contributed by atoms with Crippen LogP contribution >= 0.6 is 23.2 Å². The minimum Gasteiger partial charge on any atom is -0.491 e. The topological polar surface area (TPSA) is 41.8 Å². The fourth-order valence-electron chi connectivity index (χ4n) is 1.60. The highest BCUT2D eigenvalue weighted by molar-refractivity contribution is 6.36. The van der Waals surface area contributed by atoms with Crippen LogP contribution in [-0.2, 0) is 0 Å². The van der Waals surface area contributed by atoms with E-state index < -0.39 is 0 Å². The molecular weight excluding hydrogens is 237 g/mol. The van der Waals surface area contributed by atoms with Gasteiger partial charge in [-0.05, 0) is 12.1 Å². The maximum absolute atomic E-state index is 8.94. The quantitative estimate of drug-likeness (QED) is 0.564. The van der Waals surface area contributed by atoms with E-state index in [0.29, 0.717) is 33.7 Å². The Hall–Kier alpha value is -0.930. The number of hydrogen-bond donors (Lipinski definition) is 1. The zero-order chi connectivity index (χ0) is 11.0. The normalized spacial score (nSPS) is 22.3. The molecule has 15 heavy (non-hydrogen) atoms. The third kappa shape index (κ3) is 1.77. The van der Waals surface area contributed by atoms with E-state index in [4.69, 9.17) is 33.1 Å². The summed E-state index contributed by atoms with van der Waals surface area (Å²) in [5.41, 5.74) is 1.22. The Balaban J connectivity index is 2.63. The van der Waals surface area contributed by atoms with E-state index >= 15 is 0 Å². The average molecular weight is 246 g/mol. The Morgan fingerprint density at radius 2 is 2.20 bits per heavy atom. The number of benzene rings is 1. The molecule has 1 atom stereocenters. The molecule has 0 saturated heterocycles. The summed E-state index contributed by atoms with van der Waals surface area (Å²) >= 11 is 11.8. The molecule has 1 aliphatic rings. The Morgan fingerprint density at radius 3 is 2.87 bits per heavy atom. The van der Waals surface area contributed by atoms with Crippen molar-refractivity contribution in [2.45, 2.75) is 6.92 Å². The average Bonchev–Trinajstić information content (AvgIpc) is 2.17. The molecule has 1 heterocycles. The predicted octanol–water partition coefficient (Wildman–Crippen LogP) is 3.20. The van der Waals surface area contributed by atoms with Crippen molar-refractivity contribution in [3.05, 3.63) is 27.7 Å². The predicted molar refractivity (Wildman–Crippen MR) is 59.4 cm³/mol.